The number of nitrogens with zero attached hydrogens (tertiary/aromatic N) is 3. The molecule has 3 heterocycles. The number of pyridine rings is 1. The lowest BCUT2D eigenvalue weighted by Crippen LogP contribution is -2.38. The normalized spacial score (nSPS) is 15.1. The number of fused-ring (bicyclic) bond motifs is 1. The number of ether oxygens (including phenoxy) is 1. The number of carbonyl (C=O) groups excluding carboxylic acids is 1. The molecule has 3 aromatic rings. The number of thiazole rings is 1. The molecule has 1 amide bonds. The minimum absolute atomic E-state index is 0.0281. The summed E-state index contributed by atoms with van der Waals surface area (Å²) >= 11 is 1.68. The quantitative estimate of drug-likeness (QED) is 0.724. The lowest BCUT2D eigenvalue weighted by molar-refractivity contribution is -0.120. The van der Waals surface area contributed by atoms with Gasteiger partial charge in [-0.05, 0) is 50.1 Å². The van der Waals surface area contributed by atoms with E-state index in [0.717, 1.165) is 52.7 Å². The van der Waals surface area contributed by atoms with E-state index in [2.05, 4.69) is 15.2 Å². The van der Waals surface area contributed by atoms with Gasteiger partial charge in [0.2, 0.25) is 5.91 Å². The fourth-order valence-electron chi connectivity index (χ4n) is 3.30. The van der Waals surface area contributed by atoms with Gasteiger partial charge in [0.05, 0.1) is 28.7 Å². The van der Waals surface area contributed by atoms with Crippen molar-refractivity contribution >= 4 is 38.3 Å². The molecule has 0 spiro atoms. The summed E-state index contributed by atoms with van der Waals surface area (Å²) in [4.78, 5) is 23.5. The van der Waals surface area contributed by atoms with Crippen molar-refractivity contribution in [1.82, 2.24) is 9.97 Å². The van der Waals surface area contributed by atoms with Gasteiger partial charge in [-0.15, -0.1) is 0 Å². The van der Waals surface area contributed by atoms with Crippen LogP contribution < -0.4 is 15.0 Å². The first-order valence-electron chi connectivity index (χ1n) is 9.22. The molecular weight excluding hydrogens is 360 g/mol. The second kappa shape index (κ2) is 7.92. The number of anilines is 2. The van der Waals surface area contributed by atoms with Crippen molar-refractivity contribution < 1.29 is 9.53 Å². The van der Waals surface area contributed by atoms with Crippen molar-refractivity contribution in [2.75, 3.05) is 29.9 Å². The fourth-order valence-corrected chi connectivity index (χ4v) is 4.34. The first-order valence-corrected chi connectivity index (χ1v) is 10.0. The summed E-state index contributed by atoms with van der Waals surface area (Å²) in [6.45, 7) is 4.31. The van der Waals surface area contributed by atoms with Crippen LogP contribution in [-0.2, 0) is 4.79 Å². The number of carbonyl (C=O) groups is 1. The van der Waals surface area contributed by atoms with Gasteiger partial charge in [-0.1, -0.05) is 11.3 Å². The van der Waals surface area contributed by atoms with Gasteiger partial charge in [0.1, 0.15) is 5.75 Å². The number of aromatic nitrogens is 2. The van der Waals surface area contributed by atoms with Crippen LogP contribution in [0.2, 0.25) is 0 Å². The third-order valence-corrected chi connectivity index (χ3v) is 5.80. The molecule has 2 aromatic heterocycles. The largest absolute Gasteiger partial charge is 0.494 e. The molecule has 0 saturated carbocycles. The van der Waals surface area contributed by atoms with Gasteiger partial charge in [-0.25, -0.2) is 4.98 Å². The van der Waals surface area contributed by atoms with E-state index in [1.165, 1.54) is 0 Å². The highest BCUT2D eigenvalue weighted by molar-refractivity contribution is 7.22. The molecule has 6 nitrogen and oxygen atoms in total. The average Bonchev–Trinajstić information content (AvgIpc) is 3.12. The zero-order valence-electron chi connectivity index (χ0n) is 15.2. The topological polar surface area (TPSA) is 67.3 Å². The van der Waals surface area contributed by atoms with Gasteiger partial charge in [0.25, 0.3) is 0 Å². The number of hydrogen-bond acceptors (Lipinski definition) is 6. The predicted molar refractivity (Wildman–Crippen MR) is 109 cm³/mol. The molecule has 27 heavy (non-hydrogen) atoms. The van der Waals surface area contributed by atoms with Gasteiger partial charge >= 0.3 is 0 Å². The van der Waals surface area contributed by atoms with Crippen LogP contribution in [0.5, 0.6) is 5.75 Å². The molecule has 1 fully saturated rings. The smallest absolute Gasteiger partial charge is 0.227 e. The van der Waals surface area contributed by atoms with Gasteiger partial charge in [-0.2, -0.15) is 0 Å². The second-order valence-corrected chi connectivity index (χ2v) is 7.56. The van der Waals surface area contributed by atoms with Crippen molar-refractivity contribution in [3.63, 3.8) is 0 Å². The lowest BCUT2D eigenvalue weighted by atomic mass is 9.96. The van der Waals surface area contributed by atoms with Crippen LogP contribution in [0, 0.1) is 5.92 Å². The summed E-state index contributed by atoms with van der Waals surface area (Å²) in [5.74, 6) is 0.986. The van der Waals surface area contributed by atoms with E-state index in [-0.39, 0.29) is 11.8 Å². The van der Waals surface area contributed by atoms with Crippen molar-refractivity contribution in [1.29, 1.82) is 0 Å². The molecule has 0 radical (unpaired) electrons. The Morgan fingerprint density at radius 2 is 2.19 bits per heavy atom. The van der Waals surface area contributed by atoms with E-state index in [0.29, 0.717) is 6.61 Å². The molecule has 1 aliphatic heterocycles. The maximum Gasteiger partial charge on any atom is 0.227 e. The summed E-state index contributed by atoms with van der Waals surface area (Å²) in [6.07, 6.45) is 5.02. The SMILES string of the molecule is CCOc1ccc2nc(N3CCC(C(=O)Nc4cccnc4)CC3)sc2c1. The molecular formula is C20H22N4O2S. The number of benzene rings is 1. The molecule has 1 aliphatic rings. The maximum atomic E-state index is 12.5. The highest BCUT2D eigenvalue weighted by Gasteiger charge is 2.26. The van der Waals surface area contributed by atoms with Crippen LogP contribution >= 0.6 is 11.3 Å². The number of nitrogens with one attached hydrogen (secondary N) is 1. The van der Waals surface area contributed by atoms with E-state index in [1.54, 1.807) is 23.7 Å². The molecule has 1 N–H and O–H groups in total. The molecule has 140 valence electrons. The number of hydrogen-bond donors (Lipinski definition) is 1. The first-order chi connectivity index (χ1) is 13.2. The summed E-state index contributed by atoms with van der Waals surface area (Å²) in [5, 5.41) is 3.98. The Balaban J connectivity index is 1.38. The fraction of sp³-hybridized carbons (Fsp3) is 0.350. The number of rotatable bonds is 5. The van der Waals surface area contributed by atoms with Gasteiger partial charge in [0, 0.05) is 25.2 Å². The molecule has 7 heteroatoms. The molecule has 0 aliphatic carbocycles. The van der Waals surface area contributed by atoms with Gasteiger partial charge in [-0.3, -0.25) is 9.78 Å². The van der Waals surface area contributed by atoms with Crippen LogP contribution in [0.4, 0.5) is 10.8 Å². The average molecular weight is 382 g/mol. The summed E-state index contributed by atoms with van der Waals surface area (Å²) < 4.78 is 6.71. The zero-order valence-corrected chi connectivity index (χ0v) is 16.0. The Morgan fingerprint density at radius 1 is 1.33 bits per heavy atom. The van der Waals surface area contributed by atoms with E-state index < -0.39 is 0 Å². The lowest BCUT2D eigenvalue weighted by Gasteiger charge is -2.30. The first kappa shape index (κ1) is 17.7. The Labute approximate surface area is 162 Å². The molecule has 1 saturated heterocycles. The molecule has 1 aromatic carbocycles. The van der Waals surface area contributed by atoms with Crippen LogP contribution in [0.1, 0.15) is 19.8 Å². The summed E-state index contributed by atoms with van der Waals surface area (Å²) in [6, 6.07) is 9.70. The monoisotopic (exact) mass is 382 g/mol. The third-order valence-electron chi connectivity index (χ3n) is 4.72. The van der Waals surface area contributed by atoms with Crippen LogP contribution in [0.15, 0.2) is 42.7 Å². The number of piperidine rings is 1. The maximum absolute atomic E-state index is 12.5. The van der Waals surface area contributed by atoms with E-state index >= 15 is 0 Å². The predicted octanol–water partition coefficient (Wildman–Crippen LogP) is 3.95. The van der Waals surface area contributed by atoms with E-state index in [1.807, 2.05) is 37.3 Å². The van der Waals surface area contributed by atoms with Gasteiger partial charge in [0.15, 0.2) is 5.13 Å². The van der Waals surface area contributed by atoms with E-state index in [9.17, 15) is 4.79 Å². The third kappa shape index (κ3) is 4.03. The van der Waals surface area contributed by atoms with Crippen molar-refractivity contribution in [2.24, 2.45) is 5.92 Å². The standard InChI is InChI=1S/C20H22N4O2S/c1-2-26-16-5-6-17-18(12-16)27-20(23-17)24-10-7-14(8-11-24)19(25)22-15-4-3-9-21-13-15/h3-6,9,12-14H,2,7-8,10-11H2,1H3,(H,22,25). The van der Waals surface area contributed by atoms with Crippen molar-refractivity contribution in [3.8, 4) is 5.75 Å². The Kier molecular flexibility index (Phi) is 5.20. The van der Waals surface area contributed by atoms with Gasteiger partial charge < -0.3 is 15.0 Å². The van der Waals surface area contributed by atoms with Crippen LogP contribution in [0.25, 0.3) is 10.2 Å². The summed E-state index contributed by atoms with van der Waals surface area (Å²) in [5.41, 5.74) is 1.75. The summed E-state index contributed by atoms with van der Waals surface area (Å²) in [7, 11) is 0. The van der Waals surface area contributed by atoms with Crippen LogP contribution in [-0.4, -0.2) is 35.6 Å². The minimum atomic E-state index is 0.0281. The Hall–Kier alpha value is -2.67. The second-order valence-electron chi connectivity index (χ2n) is 6.55. The highest BCUT2D eigenvalue weighted by atomic mass is 32.1. The van der Waals surface area contributed by atoms with Crippen molar-refractivity contribution in [3.05, 3.63) is 42.7 Å². The van der Waals surface area contributed by atoms with Crippen molar-refractivity contribution in [2.45, 2.75) is 19.8 Å². The molecule has 0 unspecified atom stereocenters. The Morgan fingerprint density at radius 3 is 2.93 bits per heavy atom. The molecule has 0 atom stereocenters. The van der Waals surface area contributed by atoms with E-state index in [4.69, 9.17) is 9.72 Å². The molecule has 4 rings (SSSR count). The Bertz CT molecular complexity index is 920. The minimum Gasteiger partial charge on any atom is -0.494 e. The highest BCUT2D eigenvalue weighted by Crippen LogP contribution is 2.33. The number of amides is 1. The molecule has 0 bridgehead atoms. The van der Waals surface area contributed by atoms with Crippen LogP contribution in [0.3, 0.4) is 0 Å². The zero-order chi connectivity index (χ0) is 18.6.